The van der Waals surface area contributed by atoms with Crippen LogP contribution in [0.4, 0.5) is 0 Å². The number of hydrogen-bond acceptors (Lipinski definition) is 4. The van der Waals surface area contributed by atoms with Crippen molar-refractivity contribution in [3.63, 3.8) is 0 Å². The Morgan fingerprint density at radius 2 is 2.35 bits per heavy atom. The highest BCUT2D eigenvalue weighted by Gasteiger charge is 2.17. The molecule has 0 spiro atoms. The van der Waals surface area contributed by atoms with Crippen molar-refractivity contribution in [3.05, 3.63) is 12.5 Å². The van der Waals surface area contributed by atoms with Crippen molar-refractivity contribution in [2.45, 2.75) is 17.9 Å². The summed E-state index contributed by atoms with van der Waals surface area (Å²) in [6.45, 7) is 2.51. The average molecular weight is 281 g/mol. The number of aromatic nitrogens is 2. The molecule has 0 saturated carbocycles. The lowest BCUT2D eigenvalue weighted by Gasteiger charge is -2.08. The number of imidazole rings is 1. The van der Waals surface area contributed by atoms with Gasteiger partial charge < -0.3 is 10.3 Å². The molecule has 1 aliphatic heterocycles. The number of nitrogens with zero attached hydrogens (tertiary/aromatic N) is 1. The van der Waals surface area contributed by atoms with Crippen LogP contribution in [0.5, 0.6) is 0 Å². The zero-order valence-corrected chi connectivity index (χ0v) is 11.0. The van der Waals surface area contributed by atoms with Crippen LogP contribution in [-0.2, 0) is 10.0 Å². The summed E-state index contributed by atoms with van der Waals surface area (Å²) < 4.78 is 25.9. The van der Waals surface area contributed by atoms with Gasteiger partial charge in [-0.2, -0.15) is 0 Å². The Labute approximate surface area is 107 Å². The summed E-state index contributed by atoms with van der Waals surface area (Å²) >= 11 is 0. The second-order valence-corrected chi connectivity index (χ2v) is 5.70. The fourth-order valence-electron chi connectivity index (χ4n) is 1.83. The van der Waals surface area contributed by atoms with Gasteiger partial charge >= 0.3 is 0 Å². The third-order valence-electron chi connectivity index (χ3n) is 2.77. The summed E-state index contributed by atoms with van der Waals surface area (Å²) in [5, 5.41) is 3.38. The zero-order chi connectivity index (χ0) is 11.4. The summed E-state index contributed by atoms with van der Waals surface area (Å²) in [6, 6.07) is 0. The third kappa shape index (κ3) is 3.95. The van der Waals surface area contributed by atoms with E-state index in [-0.39, 0.29) is 17.4 Å². The Morgan fingerprint density at radius 3 is 2.94 bits per heavy atom. The Kier molecular flexibility index (Phi) is 5.38. The van der Waals surface area contributed by atoms with Crippen LogP contribution in [0.25, 0.3) is 0 Å². The van der Waals surface area contributed by atoms with Gasteiger partial charge in [-0.05, 0) is 31.8 Å². The molecule has 1 unspecified atom stereocenters. The van der Waals surface area contributed by atoms with Crippen LogP contribution >= 0.6 is 12.4 Å². The predicted molar refractivity (Wildman–Crippen MR) is 66.6 cm³/mol. The molecule has 2 rings (SSSR count). The van der Waals surface area contributed by atoms with Crippen molar-refractivity contribution >= 4 is 22.4 Å². The molecule has 8 heteroatoms. The van der Waals surface area contributed by atoms with Crippen molar-refractivity contribution in [2.24, 2.45) is 5.92 Å². The molecule has 1 fully saturated rings. The smallest absolute Gasteiger partial charge is 0.257 e. The molecule has 17 heavy (non-hydrogen) atoms. The maximum absolute atomic E-state index is 11.7. The Hall–Kier alpha value is -0.630. The molecule has 1 aromatic rings. The first-order valence-corrected chi connectivity index (χ1v) is 6.85. The van der Waals surface area contributed by atoms with Gasteiger partial charge in [-0.1, -0.05) is 0 Å². The van der Waals surface area contributed by atoms with Gasteiger partial charge in [0.1, 0.15) is 0 Å². The largest absolute Gasteiger partial charge is 0.335 e. The fourth-order valence-corrected chi connectivity index (χ4v) is 2.78. The van der Waals surface area contributed by atoms with Crippen LogP contribution in [0.15, 0.2) is 17.6 Å². The minimum atomic E-state index is -3.40. The molecule has 0 amide bonds. The van der Waals surface area contributed by atoms with E-state index >= 15 is 0 Å². The second-order valence-electron chi connectivity index (χ2n) is 3.96. The Balaban J connectivity index is 0.00000144. The van der Waals surface area contributed by atoms with E-state index in [0.717, 1.165) is 25.9 Å². The summed E-state index contributed by atoms with van der Waals surface area (Å²) in [5.74, 6) is 0.587. The monoisotopic (exact) mass is 280 g/mol. The fraction of sp³-hybridized carbons (Fsp3) is 0.667. The van der Waals surface area contributed by atoms with Gasteiger partial charge in [0.15, 0.2) is 5.03 Å². The van der Waals surface area contributed by atoms with Gasteiger partial charge in [0.05, 0.1) is 12.5 Å². The van der Waals surface area contributed by atoms with Gasteiger partial charge in [0, 0.05) is 6.54 Å². The SMILES string of the molecule is Cl.O=S(=O)(NCCC1CCNC1)c1cnc[nH]1. The van der Waals surface area contributed by atoms with E-state index in [0.29, 0.717) is 12.5 Å². The van der Waals surface area contributed by atoms with Crippen LogP contribution < -0.4 is 10.0 Å². The summed E-state index contributed by atoms with van der Waals surface area (Å²) in [6.07, 6.45) is 4.67. The van der Waals surface area contributed by atoms with Gasteiger partial charge in [-0.15, -0.1) is 12.4 Å². The van der Waals surface area contributed by atoms with E-state index in [1.54, 1.807) is 0 Å². The van der Waals surface area contributed by atoms with Crippen molar-refractivity contribution in [3.8, 4) is 0 Å². The number of H-pyrrole nitrogens is 1. The molecule has 1 saturated heterocycles. The lowest BCUT2D eigenvalue weighted by molar-refractivity contribution is 0.518. The summed E-state index contributed by atoms with van der Waals surface area (Å²) in [5.41, 5.74) is 0. The van der Waals surface area contributed by atoms with E-state index in [4.69, 9.17) is 0 Å². The molecule has 2 heterocycles. The first-order valence-electron chi connectivity index (χ1n) is 5.37. The standard InChI is InChI=1S/C9H16N4O2S.ClH/c14-16(15,9-6-11-7-12-9)13-4-2-8-1-3-10-5-8;/h6-8,10,13H,1-5H2,(H,11,12);1H. The highest BCUT2D eigenvalue weighted by atomic mass is 35.5. The van der Waals surface area contributed by atoms with Crippen LogP contribution in [0.2, 0.25) is 0 Å². The number of rotatable bonds is 5. The van der Waals surface area contributed by atoms with E-state index < -0.39 is 10.0 Å². The van der Waals surface area contributed by atoms with E-state index in [1.807, 2.05) is 0 Å². The first kappa shape index (κ1) is 14.4. The predicted octanol–water partition coefficient (Wildman–Crippen LogP) is 0.109. The quantitative estimate of drug-likeness (QED) is 0.714. The van der Waals surface area contributed by atoms with Crippen molar-refractivity contribution in [1.29, 1.82) is 0 Å². The summed E-state index contributed by atoms with van der Waals surface area (Å²) in [7, 11) is -3.40. The molecule has 0 aromatic carbocycles. The molecule has 1 aliphatic rings. The molecular formula is C9H17ClN4O2S. The first-order chi connectivity index (χ1) is 7.68. The zero-order valence-electron chi connectivity index (χ0n) is 9.35. The average Bonchev–Trinajstić information content (AvgIpc) is 2.90. The van der Waals surface area contributed by atoms with Crippen LogP contribution in [0.3, 0.4) is 0 Å². The number of sulfonamides is 1. The number of halogens is 1. The van der Waals surface area contributed by atoms with E-state index in [1.165, 1.54) is 12.5 Å². The lowest BCUT2D eigenvalue weighted by atomic mass is 10.1. The molecule has 3 N–H and O–H groups in total. The molecule has 0 aliphatic carbocycles. The van der Waals surface area contributed by atoms with Gasteiger partial charge in [0.2, 0.25) is 0 Å². The Bertz CT molecular complexity index is 414. The topological polar surface area (TPSA) is 86.9 Å². The van der Waals surface area contributed by atoms with E-state index in [2.05, 4.69) is 20.0 Å². The number of nitrogens with one attached hydrogen (secondary N) is 3. The summed E-state index contributed by atoms with van der Waals surface area (Å²) in [4.78, 5) is 6.27. The molecule has 1 atom stereocenters. The number of aromatic amines is 1. The number of hydrogen-bond donors (Lipinski definition) is 3. The minimum Gasteiger partial charge on any atom is -0.335 e. The second kappa shape index (κ2) is 6.34. The van der Waals surface area contributed by atoms with Gasteiger partial charge in [0.25, 0.3) is 10.0 Å². The minimum absolute atomic E-state index is 0. The maximum atomic E-state index is 11.7. The highest BCUT2D eigenvalue weighted by Crippen LogP contribution is 2.11. The molecule has 6 nitrogen and oxygen atoms in total. The highest BCUT2D eigenvalue weighted by molar-refractivity contribution is 7.89. The molecule has 0 bridgehead atoms. The molecule has 1 aromatic heterocycles. The van der Waals surface area contributed by atoms with Crippen molar-refractivity contribution < 1.29 is 8.42 Å². The Morgan fingerprint density at radius 1 is 1.53 bits per heavy atom. The van der Waals surface area contributed by atoms with Gasteiger partial charge in [-0.25, -0.2) is 18.1 Å². The van der Waals surface area contributed by atoms with Gasteiger partial charge in [-0.3, -0.25) is 0 Å². The molecule has 0 radical (unpaired) electrons. The molecular weight excluding hydrogens is 264 g/mol. The van der Waals surface area contributed by atoms with Crippen molar-refractivity contribution in [2.75, 3.05) is 19.6 Å². The molecule has 98 valence electrons. The maximum Gasteiger partial charge on any atom is 0.257 e. The van der Waals surface area contributed by atoms with Crippen LogP contribution in [0.1, 0.15) is 12.8 Å². The normalized spacial score (nSPS) is 20.1. The van der Waals surface area contributed by atoms with Crippen molar-refractivity contribution in [1.82, 2.24) is 20.0 Å². The van der Waals surface area contributed by atoms with Crippen LogP contribution in [-0.4, -0.2) is 38.0 Å². The third-order valence-corrected chi connectivity index (χ3v) is 4.16. The lowest BCUT2D eigenvalue weighted by Crippen LogP contribution is -2.26. The van der Waals surface area contributed by atoms with E-state index in [9.17, 15) is 8.42 Å². The van der Waals surface area contributed by atoms with Crippen LogP contribution in [0, 0.1) is 5.92 Å².